The summed E-state index contributed by atoms with van der Waals surface area (Å²) in [5.41, 5.74) is 0. The van der Waals surface area contributed by atoms with Crippen molar-refractivity contribution in [1.82, 2.24) is 4.90 Å². The van der Waals surface area contributed by atoms with Gasteiger partial charge < -0.3 is 4.90 Å². The van der Waals surface area contributed by atoms with E-state index in [4.69, 9.17) is 34.8 Å². The van der Waals surface area contributed by atoms with Crippen LogP contribution in [-0.2, 0) is 0 Å². The standard InChI is InChI=1S/C9H16Cl3N/c1-8-3-2-5-13(7-8)6-4-9(10,11)12/h8H,2-7H2,1H3. The maximum atomic E-state index is 5.69. The van der Waals surface area contributed by atoms with Crippen molar-refractivity contribution in [2.45, 2.75) is 30.0 Å². The second-order valence-corrected chi connectivity index (χ2v) is 6.43. The lowest BCUT2D eigenvalue weighted by Gasteiger charge is -2.31. The number of nitrogens with zero attached hydrogens (tertiary/aromatic N) is 1. The van der Waals surface area contributed by atoms with Crippen LogP contribution in [0.1, 0.15) is 26.2 Å². The highest BCUT2D eigenvalue weighted by molar-refractivity contribution is 6.67. The van der Waals surface area contributed by atoms with Gasteiger partial charge in [0.2, 0.25) is 0 Å². The first-order valence-electron chi connectivity index (χ1n) is 4.76. The third-order valence-corrected chi connectivity index (χ3v) is 3.02. The summed E-state index contributed by atoms with van der Waals surface area (Å²) in [4.78, 5) is 2.38. The number of hydrogen-bond donors (Lipinski definition) is 0. The molecule has 1 atom stereocenters. The minimum absolute atomic E-state index is 0.629. The van der Waals surface area contributed by atoms with Gasteiger partial charge in [-0.25, -0.2) is 0 Å². The molecule has 1 saturated heterocycles. The zero-order valence-electron chi connectivity index (χ0n) is 7.90. The van der Waals surface area contributed by atoms with Gasteiger partial charge in [-0.3, -0.25) is 0 Å². The van der Waals surface area contributed by atoms with E-state index in [2.05, 4.69) is 11.8 Å². The monoisotopic (exact) mass is 243 g/mol. The molecule has 0 aromatic heterocycles. The number of piperidine rings is 1. The largest absolute Gasteiger partial charge is 0.303 e. The summed E-state index contributed by atoms with van der Waals surface area (Å²) >= 11 is 17.1. The van der Waals surface area contributed by atoms with E-state index in [1.165, 1.54) is 12.8 Å². The van der Waals surface area contributed by atoms with Crippen molar-refractivity contribution in [2.75, 3.05) is 19.6 Å². The molecule has 13 heavy (non-hydrogen) atoms. The fraction of sp³-hybridized carbons (Fsp3) is 1.00. The second kappa shape index (κ2) is 5.06. The average Bonchev–Trinajstić information content (AvgIpc) is 2.00. The van der Waals surface area contributed by atoms with Crippen molar-refractivity contribution in [3.8, 4) is 0 Å². The Bertz CT molecular complexity index is 155. The van der Waals surface area contributed by atoms with E-state index in [1.807, 2.05) is 0 Å². The maximum absolute atomic E-state index is 5.69. The Morgan fingerprint density at radius 2 is 2.08 bits per heavy atom. The normalized spacial score (nSPS) is 26.3. The van der Waals surface area contributed by atoms with Crippen molar-refractivity contribution in [3.05, 3.63) is 0 Å². The smallest absolute Gasteiger partial charge is 0.191 e. The van der Waals surface area contributed by atoms with Gasteiger partial charge in [-0.05, 0) is 25.3 Å². The molecule has 1 unspecified atom stereocenters. The van der Waals surface area contributed by atoms with Gasteiger partial charge in [0.1, 0.15) is 0 Å². The van der Waals surface area contributed by atoms with Gasteiger partial charge in [-0.1, -0.05) is 41.7 Å². The van der Waals surface area contributed by atoms with Gasteiger partial charge in [-0.15, -0.1) is 0 Å². The molecular formula is C9H16Cl3N. The van der Waals surface area contributed by atoms with Crippen molar-refractivity contribution in [2.24, 2.45) is 5.92 Å². The van der Waals surface area contributed by atoms with Gasteiger partial charge in [0, 0.05) is 19.5 Å². The van der Waals surface area contributed by atoms with Crippen LogP contribution in [0.5, 0.6) is 0 Å². The summed E-state index contributed by atoms with van der Waals surface area (Å²) < 4.78 is -1.08. The lowest BCUT2D eigenvalue weighted by molar-refractivity contribution is 0.183. The molecule has 0 aliphatic carbocycles. The van der Waals surface area contributed by atoms with Crippen molar-refractivity contribution in [1.29, 1.82) is 0 Å². The Labute approximate surface area is 95.3 Å². The molecule has 0 saturated carbocycles. The topological polar surface area (TPSA) is 3.24 Å². The van der Waals surface area contributed by atoms with Crippen molar-refractivity contribution < 1.29 is 0 Å². The van der Waals surface area contributed by atoms with Crippen LogP contribution in [0.25, 0.3) is 0 Å². The Hall–Kier alpha value is 0.830. The van der Waals surface area contributed by atoms with Gasteiger partial charge in [0.05, 0.1) is 0 Å². The quantitative estimate of drug-likeness (QED) is 0.672. The first kappa shape index (κ1) is 11.9. The summed E-state index contributed by atoms with van der Waals surface area (Å²) in [6, 6.07) is 0. The molecule has 0 N–H and O–H groups in total. The van der Waals surface area contributed by atoms with Crippen LogP contribution < -0.4 is 0 Å². The number of hydrogen-bond acceptors (Lipinski definition) is 1. The third-order valence-electron chi connectivity index (χ3n) is 2.45. The molecule has 0 aromatic rings. The van der Waals surface area contributed by atoms with Crippen LogP contribution >= 0.6 is 34.8 Å². The van der Waals surface area contributed by atoms with Gasteiger partial charge in [-0.2, -0.15) is 0 Å². The lowest BCUT2D eigenvalue weighted by atomic mass is 10.0. The van der Waals surface area contributed by atoms with Gasteiger partial charge >= 0.3 is 0 Å². The fourth-order valence-corrected chi connectivity index (χ4v) is 2.03. The molecule has 1 aliphatic rings. The summed E-state index contributed by atoms with van der Waals surface area (Å²) in [7, 11) is 0. The number of halogens is 3. The molecule has 0 spiro atoms. The van der Waals surface area contributed by atoms with Gasteiger partial charge in [0.15, 0.2) is 3.79 Å². The molecule has 1 nitrogen and oxygen atoms in total. The molecule has 78 valence electrons. The number of rotatable bonds is 2. The SMILES string of the molecule is CC1CCCN(CCC(Cl)(Cl)Cl)C1. The first-order chi connectivity index (χ1) is 5.97. The summed E-state index contributed by atoms with van der Waals surface area (Å²) in [5.74, 6) is 0.795. The molecular weight excluding hydrogens is 228 g/mol. The Kier molecular flexibility index (Phi) is 4.64. The van der Waals surface area contributed by atoms with Crippen LogP contribution in [0.4, 0.5) is 0 Å². The van der Waals surface area contributed by atoms with Crippen molar-refractivity contribution in [3.63, 3.8) is 0 Å². The van der Waals surface area contributed by atoms with E-state index in [9.17, 15) is 0 Å². The zero-order valence-corrected chi connectivity index (χ0v) is 10.2. The number of alkyl halides is 3. The zero-order chi connectivity index (χ0) is 9.90. The Balaban J connectivity index is 2.21. The predicted octanol–water partition coefficient (Wildman–Crippen LogP) is 3.48. The lowest BCUT2D eigenvalue weighted by Crippen LogP contribution is -2.36. The molecule has 1 heterocycles. The molecule has 1 aliphatic heterocycles. The van der Waals surface area contributed by atoms with E-state index in [-0.39, 0.29) is 0 Å². The summed E-state index contributed by atoms with van der Waals surface area (Å²) in [6.45, 7) is 5.49. The number of likely N-dealkylation sites (tertiary alicyclic amines) is 1. The molecule has 0 radical (unpaired) electrons. The van der Waals surface area contributed by atoms with Crippen LogP contribution in [0.3, 0.4) is 0 Å². The molecule has 0 amide bonds. The van der Waals surface area contributed by atoms with Crippen LogP contribution in [0.15, 0.2) is 0 Å². The fourth-order valence-electron chi connectivity index (χ4n) is 1.77. The third kappa shape index (κ3) is 5.31. The highest BCUT2D eigenvalue weighted by atomic mass is 35.6. The molecule has 1 fully saturated rings. The molecule has 0 bridgehead atoms. The molecule has 0 aromatic carbocycles. The minimum atomic E-state index is -1.08. The molecule has 4 heteroatoms. The maximum Gasteiger partial charge on any atom is 0.191 e. The predicted molar refractivity (Wildman–Crippen MR) is 59.7 cm³/mol. The van der Waals surface area contributed by atoms with Crippen molar-refractivity contribution >= 4 is 34.8 Å². The average molecular weight is 245 g/mol. The second-order valence-electron chi connectivity index (χ2n) is 3.91. The van der Waals surface area contributed by atoms with Crippen LogP contribution in [-0.4, -0.2) is 28.3 Å². The highest BCUT2D eigenvalue weighted by Gasteiger charge is 2.22. The van der Waals surface area contributed by atoms with E-state index in [0.29, 0.717) is 6.42 Å². The van der Waals surface area contributed by atoms with Gasteiger partial charge in [0.25, 0.3) is 0 Å². The van der Waals surface area contributed by atoms with E-state index >= 15 is 0 Å². The highest BCUT2D eigenvalue weighted by Crippen LogP contribution is 2.30. The van der Waals surface area contributed by atoms with Crippen LogP contribution in [0, 0.1) is 5.92 Å². The van der Waals surface area contributed by atoms with Crippen LogP contribution in [0.2, 0.25) is 0 Å². The van der Waals surface area contributed by atoms with E-state index < -0.39 is 3.79 Å². The van der Waals surface area contributed by atoms with E-state index in [0.717, 1.165) is 25.6 Å². The Morgan fingerprint density at radius 1 is 1.38 bits per heavy atom. The Morgan fingerprint density at radius 3 is 2.62 bits per heavy atom. The van der Waals surface area contributed by atoms with E-state index in [1.54, 1.807) is 0 Å². The minimum Gasteiger partial charge on any atom is -0.303 e. The summed E-state index contributed by atoms with van der Waals surface area (Å²) in [5, 5.41) is 0. The summed E-state index contributed by atoms with van der Waals surface area (Å²) in [6.07, 6.45) is 3.25. The first-order valence-corrected chi connectivity index (χ1v) is 5.90. The molecule has 1 rings (SSSR count).